The highest BCUT2D eigenvalue weighted by atomic mass is 19.4. The van der Waals surface area contributed by atoms with Crippen molar-refractivity contribution in [2.24, 2.45) is 0 Å². The third kappa shape index (κ3) is 6.70. The van der Waals surface area contributed by atoms with E-state index in [1.54, 1.807) is 28.0 Å². The van der Waals surface area contributed by atoms with Crippen molar-refractivity contribution in [1.82, 2.24) is 14.8 Å². The van der Waals surface area contributed by atoms with Crippen LogP contribution in [0.1, 0.15) is 52.7 Å². The first-order valence-corrected chi connectivity index (χ1v) is 15.1. The minimum atomic E-state index is -4.42. The monoisotopic (exact) mass is 624 g/mol. The molecule has 45 heavy (non-hydrogen) atoms. The minimum Gasteiger partial charge on any atom is -0.496 e. The lowest BCUT2D eigenvalue weighted by Gasteiger charge is -2.40. The predicted octanol–water partition coefficient (Wildman–Crippen LogP) is 5.91. The second-order valence-electron chi connectivity index (χ2n) is 11.6. The number of piperidine rings is 2. The van der Waals surface area contributed by atoms with Crippen molar-refractivity contribution in [2.75, 3.05) is 38.2 Å². The molecule has 4 heterocycles. The van der Waals surface area contributed by atoms with E-state index in [1.165, 1.54) is 13.3 Å². The summed E-state index contributed by atoms with van der Waals surface area (Å²) in [6.07, 6.45) is 0.0927. The average Bonchev–Trinajstić information content (AvgIpc) is 3.05. The van der Waals surface area contributed by atoms with Gasteiger partial charge in [-0.2, -0.15) is 13.2 Å². The van der Waals surface area contributed by atoms with Crippen molar-refractivity contribution in [2.45, 2.75) is 57.2 Å². The molecule has 0 atom stereocenters. The van der Waals surface area contributed by atoms with Gasteiger partial charge in [0.2, 0.25) is 0 Å². The van der Waals surface area contributed by atoms with Gasteiger partial charge in [-0.05, 0) is 55.5 Å². The summed E-state index contributed by atoms with van der Waals surface area (Å²) in [4.78, 5) is 35.5. The van der Waals surface area contributed by atoms with Gasteiger partial charge in [-0.3, -0.25) is 19.6 Å². The fourth-order valence-corrected chi connectivity index (χ4v) is 6.39. The molecule has 9 nitrogen and oxygen atoms in total. The van der Waals surface area contributed by atoms with Crippen LogP contribution in [0.15, 0.2) is 60.9 Å². The van der Waals surface area contributed by atoms with Crippen LogP contribution in [0, 0.1) is 0 Å². The molecule has 3 aliphatic rings. The summed E-state index contributed by atoms with van der Waals surface area (Å²) in [7, 11) is 1.51. The van der Waals surface area contributed by atoms with Gasteiger partial charge in [0, 0.05) is 62.8 Å². The normalized spacial score (nSPS) is 18.4. The molecule has 3 aliphatic heterocycles. The van der Waals surface area contributed by atoms with Crippen molar-refractivity contribution >= 4 is 17.7 Å². The number of methoxy groups -OCH3 is 1. The third-order valence-corrected chi connectivity index (χ3v) is 8.76. The number of rotatable bonds is 7. The summed E-state index contributed by atoms with van der Waals surface area (Å²) < 4.78 is 57.3. The van der Waals surface area contributed by atoms with Crippen molar-refractivity contribution in [3.63, 3.8) is 0 Å². The molecule has 2 saturated heterocycles. The number of carbonyl (C=O) groups excluding carboxylic acids is 2. The van der Waals surface area contributed by atoms with Gasteiger partial charge in [0.1, 0.15) is 24.2 Å². The first-order chi connectivity index (χ1) is 21.7. The molecule has 3 aromatic rings. The summed E-state index contributed by atoms with van der Waals surface area (Å²) in [5.41, 5.74) is 1.78. The molecule has 0 aliphatic carbocycles. The van der Waals surface area contributed by atoms with Crippen LogP contribution < -0.4 is 14.4 Å². The highest BCUT2D eigenvalue weighted by molar-refractivity contribution is 5.97. The maximum Gasteiger partial charge on any atom is 0.416 e. The number of aromatic nitrogens is 1. The zero-order valence-electron chi connectivity index (χ0n) is 25.0. The molecule has 0 saturated carbocycles. The standard InChI is InChI=1S/C33H35F3N4O5/c1-43-30-18-26(45-25-11-14-38(15-12-25)20-23-19-37-13-8-28(23)33(34,35)36)6-7-27(30)31(41)39-16-9-24(10-17-39)40-29-5-3-2-4-22(29)21-44-32(40)42/h2-8,13,18-19,24-25H,9-12,14-17,20-21H2,1H3. The highest BCUT2D eigenvalue weighted by Gasteiger charge is 2.36. The fourth-order valence-electron chi connectivity index (χ4n) is 6.39. The summed E-state index contributed by atoms with van der Waals surface area (Å²) in [6, 6.07) is 13.8. The van der Waals surface area contributed by atoms with Crippen LogP contribution in [-0.2, 0) is 24.1 Å². The number of carbonyl (C=O) groups is 2. The first-order valence-electron chi connectivity index (χ1n) is 15.1. The zero-order valence-corrected chi connectivity index (χ0v) is 25.0. The summed E-state index contributed by atoms with van der Waals surface area (Å²) in [5, 5.41) is 0. The van der Waals surface area contributed by atoms with E-state index in [-0.39, 0.29) is 42.9 Å². The average molecular weight is 625 g/mol. The van der Waals surface area contributed by atoms with E-state index in [4.69, 9.17) is 14.2 Å². The van der Waals surface area contributed by atoms with Gasteiger partial charge >= 0.3 is 12.3 Å². The Hall–Kier alpha value is -4.32. The summed E-state index contributed by atoms with van der Waals surface area (Å²) in [5.74, 6) is 0.816. The van der Waals surface area contributed by atoms with Crippen molar-refractivity contribution in [1.29, 1.82) is 0 Å². The molecule has 12 heteroatoms. The summed E-state index contributed by atoms with van der Waals surface area (Å²) in [6.45, 7) is 2.58. The molecule has 2 aromatic carbocycles. The molecule has 2 fully saturated rings. The number of cyclic esters (lactones) is 1. The largest absolute Gasteiger partial charge is 0.496 e. The van der Waals surface area contributed by atoms with Gasteiger partial charge in [-0.25, -0.2) is 4.79 Å². The number of hydrogen-bond donors (Lipinski definition) is 0. The van der Waals surface area contributed by atoms with E-state index in [0.717, 1.165) is 23.5 Å². The fraction of sp³-hybridized carbons (Fsp3) is 0.424. The van der Waals surface area contributed by atoms with Crippen molar-refractivity contribution < 1.29 is 37.0 Å². The summed E-state index contributed by atoms with van der Waals surface area (Å²) >= 11 is 0. The molecule has 0 radical (unpaired) electrons. The number of hydrogen-bond acceptors (Lipinski definition) is 7. The van der Waals surface area contributed by atoms with Crippen LogP contribution >= 0.6 is 0 Å². The number of benzene rings is 2. The zero-order chi connectivity index (χ0) is 31.6. The van der Waals surface area contributed by atoms with Gasteiger partial charge in [-0.1, -0.05) is 18.2 Å². The van der Waals surface area contributed by atoms with Crippen LogP contribution in [0.2, 0.25) is 0 Å². The van der Waals surface area contributed by atoms with Crippen LogP contribution in [0.25, 0.3) is 0 Å². The molecule has 2 amide bonds. The number of amides is 2. The molecule has 238 valence electrons. The number of fused-ring (bicyclic) bond motifs is 1. The van der Waals surface area contributed by atoms with Crippen LogP contribution in [0.3, 0.4) is 0 Å². The van der Waals surface area contributed by atoms with Gasteiger partial charge in [0.15, 0.2) is 0 Å². The van der Waals surface area contributed by atoms with Crippen LogP contribution in [-0.4, -0.2) is 72.2 Å². The van der Waals surface area contributed by atoms with Crippen LogP contribution in [0.4, 0.5) is 23.7 Å². The van der Waals surface area contributed by atoms with Crippen LogP contribution in [0.5, 0.6) is 11.5 Å². The molecular formula is C33H35F3N4O5. The Morgan fingerprint density at radius 1 is 1.02 bits per heavy atom. The quantitative estimate of drug-likeness (QED) is 0.323. The Kier molecular flexibility index (Phi) is 8.84. The van der Waals surface area contributed by atoms with E-state index in [0.29, 0.717) is 68.9 Å². The Morgan fingerprint density at radius 2 is 1.78 bits per heavy atom. The van der Waals surface area contributed by atoms with E-state index >= 15 is 0 Å². The number of ether oxygens (including phenoxy) is 3. The molecule has 0 bridgehead atoms. The molecular weight excluding hydrogens is 589 g/mol. The maximum atomic E-state index is 13.5. The Balaban J connectivity index is 1.03. The van der Waals surface area contributed by atoms with E-state index in [1.807, 2.05) is 29.2 Å². The minimum absolute atomic E-state index is 0.0665. The van der Waals surface area contributed by atoms with E-state index < -0.39 is 11.7 Å². The second-order valence-corrected chi connectivity index (χ2v) is 11.6. The third-order valence-electron chi connectivity index (χ3n) is 8.76. The predicted molar refractivity (Wildman–Crippen MR) is 159 cm³/mol. The topological polar surface area (TPSA) is 84.4 Å². The van der Waals surface area contributed by atoms with Crippen molar-refractivity contribution in [3.8, 4) is 11.5 Å². The molecule has 6 rings (SSSR count). The second kappa shape index (κ2) is 13.0. The Morgan fingerprint density at radius 3 is 2.51 bits per heavy atom. The van der Waals surface area contributed by atoms with Gasteiger partial charge in [-0.15, -0.1) is 0 Å². The maximum absolute atomic E-state index is 13.5. The van der Waals surface area contributed by atoms with E-state index in [9.17, 15) is 22.8 Å². The SMILES string of the molecule is COc1cc(OC2CCN(Cc3cnccc3C(F)(F)F)CC2)ccc1C(=O)N1CCC(N2C(=O)OCc3ccccc32)CC1. The number of halogens is 3. The molecule has 0 unspecified atom stereocenters. The highest BCUT2D eigenvalue weighted by Crippen LogP contribution is 2.35. The van der Waals surface area contributed by atoms with E-state index in [2.05, 4.69) is 4.98 Å². The number of anilines is 1. The molecule has 0 N–H and O–H groups in total. The Bertz CT molecular complexity index is 1530. The number of pyridine rings is 1. The molecule has 0 spiro atoms. The van der Waals surface area contributed by atoms with Crippen molar-refractivity contribution in [3.05, 3.63) is 83.2 Å². The number of alkyl halides is 3. The Labute approximate surface area is 259 Å². The smallest absolute Gasteiger partial charge is 0.416 e. The lowest BCUT2D eigenvalue weighted by atomic mass is 10.00. The lowest BCUT2D eigenvalue weighted by molar-refractivity contribution is -0.138. The van der Waals surface area contributed by atoms with Gasteiger partial charge in [0.05, 0.1) is 23.9 Å². The molecule has 1 aromatic heterocycles. The van der Waals surface area contributed by atoms with Gasteiger partial charge < -0.3 is 19.1 Å². The van der Waals surface area contributed by atoms with Gasteiger partial charge in [0.25, 0.3) is 5.91 Å². The number of para-hydroxylation sites is 1. The lowest BCUT2D eigenvalue weighted by Crippen LogP contribution is -2.50. The number of nitrogens with zero attached hydrogens (tertiary/aromatic N) is 4. The number of likely N-dealkylation sites (tertiary alicyclic amines) is 2. The first kappa shape index (κ1) is 30.7.